The molecule has 0 bridgehead atoms. The summed E-state index contributed by atoms with van der Waals surface area (Å²) in [5.74, 6) is 0. The molecule has 0 fully saturated rings. The minimum absolute atomic E-state index is 0.0875. The molecule has 6 heteroatoms. The molecule has 14 aromatic rings. The van der Waals surface area contributed by atoms with Gasteiger partial charge >= 0.3 is 0 Å². The van der Waals surface area contributed by atoms with Crippen molar-refractivity contribution in [2.75, 3.05) is 14.7 Å². The van der Waals surface area contributed by atoms with Crippen LogP contribution in [-0.2, 0) is 5.41 Å². The van der Waals surface area contributed by atoms with Crippen LogP contribution in [0.25, 0.3) is 62.6 Å². The van der Waals surface area contributed by atoms with Crippen molar-refractivity contribution in [2.45, 2.75) is 5.41 Å². The first kappa shape index (κ1) is 43.6. The third kappa shape index (κ3) is 5.76. The number of hydrogen-bond donors (Lipinski definition) is 0. The van der Waals surface area contributed by atoms with Crippen molar-refractivity contribution >= 4 is 137 Å². The van der Waals surface area contributed by atoms with Gasteiger partial charge in [0.1, 0.15) is 0 Å². The average Bonchev–Trinajstić information content (AvgIpc) is 3.80. The first-order valence-electron chi connectivity index (χ1n) is 27.3. The number of para-hydroxylation sites is 3. The Bertz CT molecular complexity index is 4660. The van der Waals surface area contributed by atoms with Gasteiger partial charge in [0.15, 0.2) is 0 Å². The maximum absolute atomic E-state index is 2.62. The van der Waals surface area contributed by atoms with Gasteiger partial charge in [-0.05, 0) is 134 Å². The number of thiophene rings is 2. The van der Waals surface area contributed by atoms with E-state index in [9.17, 15) is 0 Å². The number of rotatable bonds is 5. The predicted octanol–water partition coefficient (Wildman–Crippen LogP) is 18.3. The van der Waals surface area contributed by atoms with E-state index >= 15 is 0 Å². The molecule has 4 heterocycles. The average molecular weight is 1040 g/mol. The molecule has 12 aromatic carbocycles. The van der Waals surface area contributed by atoms with E-state index in [4.69, 9.17) is 0 Å². The molecule has 0 N–H and O–H groups in total. The number of nitrogens with zero attached hydrogens (tertiary/aromatic N) is 3. The maximum atomic E-state index is 2.62. The van der Waals surface area contributed by atoms with E-state index in [2.05, 4.69) is 282 Å². The Morgan fingerprint density at radius 2 is 0.797 bits per heavy atom. The first-order valence-corrected chi connectivity index (χ1v) is 28.9. The SMILES string of the molecule is c1ccc(N(c2cc3c4c(c2)N(c2ccccc2)c2c(ccc5sc6ccccc6c25)B4c2ccc4sc5ccccc5c4c2N3c2ccccc2)c2cccc3c2-c2ccccc2C32c3ccccc3-c3ccccc32)cc1. The van der Waals surface area contributed by atoms with Gasteiger partial charge in [-0.1, -0.05) is 188 Å². The van der Waals surface area contributed by atoms with Crippen molar-refractivity contribution in [3.63, 3.8) is 0 Å². The Morgan fingerprint density at radius 3 is 1.34 bits per heavy atom. The van der Waals surface area contributed by atoms with Crippen molar-refractivity contribution in [2.24, 2.45) is 0 Å². The second-order valence-corrected chi connectivity index (χ2v) is 23.5. The zero-order valence-electron chi connectivity index (χ0n) is 42.6. The van der Waals surface area contributed by atoms with Gasteiger partial charge in [-0.3, -0.25) is 0 Å². The minimum atomic E-state index is -0.502. The zero-order chi connectivity index (χ0) is 51.5. The molecule has 0 amide bonds. The van der Waals surface area contributed by atoms with E-state index in [0.29, 0.717) is 0 Å². The molecule has 2 aromatic heterocycles. The largest absolute Gasteiger partial charge is 0.311 e. The van der Waals surface area contributed by atoms with E-state index in [-0.39, 0.29) is 6.71 Å². The lowest BCUT2D eigenvalue weighted by molar-refractivity contribution is 0.794. The molecule has 4 aliphatic rings. The lowest BCUT2D eigenvalue weighted by atomic mass is 9.33. The molecule has 79 heavy (non-hydrogen) atoms. The van der Waals surface area contributed by atoms with E-state index in [1.807, 2.05) is 22.7 Å². The van der Waals surface area contributed by atoms with Crippen LogP contribution in [-0.4, -0.2) is 6.71 Å². The highest BCUT2D eigenvalue weighted by Gasteiger charge is 2.53. The summed E-state index contributed by atoms with van der Waals surface area (Å²) >= 11 is 3.79. The van der Waals surface area contributed by atoms with Crippen LogP contribution in [0.4, 0.5) is 51.2 Å². The summed E-state index contributed by atoms with van der Waals surface area (Å²) in [5, 5.41) is 5.17. The zero-order valence-corrected chi connectivity index (χ0v) is 44.3. The molecule has 18 rings (SSSR count). The van der Waals surface area contributed by atoms with Gasteiger partial charge in [0.2, 0.25) is 0 Å². The van der Waals surface area contributed by atoms with Gasteiger partial charge in [0, 0.05) is 74.3 Å². The lowest BCUT2D eigenvalue weighted by Gasteiger charge is -2.45. The summed E-state index contributed by atoms with van der Waals surface area (Å²) in [6.45, 7) is -0.0875. The second-order valence-electron chi connectivity index (χ2n) is 21.4. The smallest absolute Gasteiger partial charge is 0.252 e. The molecule has 0 atom stereocenters. The van der Waals surface area contributed by atoms with Crippen molar-refractivity contribution in [3.8, 4) is 22.3 Å². The second kappa shape index (κ2) is 16.3. The highest BCUT2D eigenvalue weighted by atomic mass is 32.1. The Hall–Kier alpha value is -9.46. The van der Waals surface area contributed by atoms with Crippen molar-refractivity contribution in [1.29, 1.82) is 0 Å². The van der Waals surface area contributed by atoms with Crippen LogP contribution in [0.2, 0.25) is 0 Å². The van der Waals surface area contributed by atoms with Crippen LogP contribution >= 0.6 is 22.7 Å². The Morgan fingerprint density at radius 1 is 0.354 bits per heavy atom. The molecule has 1 spiro atoms. The third-order valence-electron chi connectivity index (χ3n) is 17.6. The fourth-order valence-corrected chi connectivity index (χ4v) is 16.9. The first-order chi connectivity index (χ1) is 39.2. The summed E-state index contributed by atoms with van der Waals surface area (Å²) in [6, 6.07) is 101. The molecule has 0 saturated heterocycles. The highest BCUT2D eigenvalue weighted by Crippen LogP contribution is 2.65. The summed E-state index contributed by atoms with van der Waals surface area (Å²) in [6.07, 6.45) is 0. The minimum Gasteiger partial charge on any atom is -0.311 e. The standard InChI is InChI=1S/C73H44BN3S2/c1-4-21-45(22-5-1)75(60-36-20-35-57-67(60)51-29-12-17-34-56(51)73(57)54-32-15-10-27-49(54)50-28-11-16-33-55(50)73)48-43-61-70-62(44-48)77(47-25-8-3-9-26-47)72-59(40-42-66-69(72)53-31-14-19-38-64(53)79-66)74(70)58-39-41-65-68(52-30-13-18-37-63(52)78-65)71(58)76(61)46-23-6-2-7-24-46/h1-44H. The van der Waals surface area contributed by atoms with Crippen molar-refractivity contribution in [1.82, 2.24) is 0 Å². The van der Waals surface area contributed by atoms with Crippen LogP contribution in [0.1, 0.15) is 22.3 Å². The van der Waals surface area contributed by atoms with Crippen molar-refractivity contribution < 1.29 is 0 Å². The number of benzene rings is 12. The van der Waals surface area contributed by atoms with Crippen LogP contribution < -0.4 is 31.1 Å². The number of fused-ring (bicyclic) bond motifs is 22. The van der Waals surface area contributed by atoms with Gasteiger partial charge in [-0.15, -0.1) is 22.7 Å². The Balaban J connectivity index is 1.00. The highest BCUT2D eigenvalue weighted by molar-refractivity contribution is 7.26. The van der Waals surface area contributed by atoms with Crippen LogP contribution in [0.5, 0.6) is 0 Å². The summed E-state index contributed by atoms with van der Waals surface area (Å²) < 4.78 is 5.16. The van der Waals surface area contributed by atoms with Gasteiger partial charge in [-0.25, -0.2) is 0 Å². The molecule has 0 unspecified atom stereocenters. The normalized spacial score (nSPS) is 13.8. The van der Waals surface area contributed by atoms with E-state index in [0.717, 1.165) is 28.4 Å². The molecule has 3 nitrogen and oxygen atoms in total. The summed E-state index contributed by atoms with van der Waals surface area (Å²) in [7, 11) is 0. The van der Waals surface area contributed by atoms with E-state index in [1.165, 1.54) is 124 Å². The topological polar surface area (TPSA) is 9.72 Å². The fraction of sp³-hybridized carbons (Fsp3) is 0.0137. The van der Waals surface area contributed by atoms with Crippen LogP contribution in [0.3, 0.4) is 0 Å². The molecule has 0 saturated carbocycles. The van der Waals surface area contributed by atoms with Gasteiger partial charge in [-0.2, -0.15) is 0 Å². The Kier molecular flexibility index (Phi) is 9.00. The lowest BCUT2D eigenvalue weighted by Crippen LogP contribution is -2.61. The maximum Gasteiger partial charge on any atom is 0.252 e. The van der Waals surface area contributed by atoms with Crippen LogP contribution in [0, 0.1) is 0 Å². The summed E-state index contributed by atoms with van der Waals surface area (Å²) in [5.41, 5.74) is 24.2. The number of hydrogen-bond acceptors (Lipinski definition) is 5. The molecular weight excluding hydrogens is 994 g/mol. The predicted molar refractivity (Wildman–Crippen MR) is 337 cm³/mol. The third-order valence-corrected chi connectivity index (χ3v) is 19.9. The quantitative estimate of drug-likeness (QED) is 0.159. The number of anilines is 9. The van der Waals surface area contributed by atoms with Gasteiger partial charge in [0.05, 0.1) is 28.2 Å². The van der Waals surface area contributed by atoms with Gasteiger partial charge in [0.25, 0.3) is 6.71 Å². The van der Waals surface area contributed by atoms with Crippen LogP contribution in [0.15, 0.2) is 267 Å². The van der Waals surface area contributed by atoms with E-state index in [1.54, 1.807) is 0 Å². The molecule has 2 aliphatic heterocycles. The Labute approximate surface area is 465 Å². The van der Waals surface area contributed by atoms with E-state index < -0.39 is 5.41 Å². The molecule has 0 radical (unpaired) electrons. The van der Waals surface area contributed by atoms with Gasteiger partial charge < -0.3 is 14.7 Å². The fourth-order valence-electron chi connectivity index (χ4n) is 14.7. The van der Waals surface area contributed by atoms with Crippen molar-refractivity contribution in [3.05, 3.63) is 289 Å². The molecule has 2 aliphatic carbocycles. The molecular formula is C73H44BN3S2. The summed E-state index contributed by atoms with van der Waals surface area (Å²) in [4.78, 5) is 7.82. The monoisotopic (exact) mass is 1040 g/mol. The molecule has 366 valence electrons.